The Hall–Kier alpha value is -1.00. The minimum atomic E-state index is 0.211. The Labute approximate surface area is 131 Å². The van der Waals surface area contributed by atoms with Crippen LogP contribution in [0.15, 0.2) is 24.3 Å². The van der Waals surface area contributed by atoms with E-state index in [0.717, 1.165) is 13.1 Å². The Morgan fingerprint density at radius 3 is 2.52 bits per heavy atom. The highest BCUT2D eigenvalue weighted by molar-refractivity contribution is 8.00. The highest BCUT2D eigenvalue weighted by Gasteiger charge is 2.32. The van der Waals surface area contributed by atoms with E-state index < -0.39 is 0 Å². The first-order chi connectivity index (χ1) is 10.2. The van der Waals surface area contributed by atoms with E-state index in [-0.39, 0.29) is 5.37 Å². The van der Waals surface area contributed by atoms with Crippen LogP contribution in [0.4, 0.5) is 0 Å². The van der Waals surface area contributed by atoms with Gasteiger partial charge in [-0.25, -0.2) is 0 Å². The number of likely N-dealkylation sites (tertiary alicyclic amines) is 1. The number of thioether (sulfide) groups is 1. The first-order valence-corrected chi connectivity index (χ1v) is 8.99. The standard InChI is InChI=1S/C17H24N2OS/c1-14-5-7-15(8-6-14)17-19(16(20)13-21-17)12-11-18-9-3-2-4-10-18/h5-8,17H,2-4,9-13H2,1H3. The quantitative estimate of drug-likeness (QED) is 0.854. The van der Waals surface area contributed by atoms with E-state index in [9.17, 15) is 4.79 Å². The summed E-state index contributed by atoms with van der Waals surface area (Å²) in [5.74, 6) is 0.918. The summed E-state index contributed by atoms with van der Waals surface area (Å²) in [5, 5.41) is 0.211. The molecular formula is C17H24N2OS. The first-order valence-electron chi connectivity index (χ1n) is 7.94. The van der Waals surface area contributed by atoms with Gasteiger partial charge in [0.15, 0.2) is 0 Å². The zero-order chi connectivity index (χ0) is 14.7. The van der Waals surface area contributed by atoms with E-state index in [1.807, 2.05) is 0 Å². The molecule has 21 heavy (non-hydrogen) atoms. The number of piperidine rings is 1. The smallest absolute Gasteiger partial charge is 0.233 e. The number of rotatable bonds is 4. The molecule has 1 aromatic carbocycles. The predicted octanol–water partition coefficient (Wildman–Crippen LogP) is 3.05. The zero-order valence-corrected chi connectivity index (χ0v) is 13.6. The number of nitrogens with zero attached hydrogens (tertiary/aromatic N) is 2. The molecule has 2 aliphatic heterocycles. The molecule has 3 nitrogen and oxygen atoms in total. The highest BCUT2D eigenvalue weighted by Crippen LogP contribution is 2.38. The number of benzene rings is 1. The van der Waals surface area contributed by atoms with E-state index >= 15 is 0 Å². The van der Waals surface area contributed by atoms with Crippen LogP contribution in [0.5, 0.6) is 0 Å². The van der Waals surface area contributed by atoms with Crippen LogP contribution < -0.4 is 0 Å². The monoisotopic (exact) mass is 304 g/mol. The molecule has 0 aliphatic carbocycles. The van der Waals surface area contributed by atoms with Crippen LogP contribution in [0.25, 0.3) is 0 Å². The molecule has 0 bridgehead atoms. The van der Waals surface area contributed by atoms with Gasteiger partial charge in [0, 0.05) is 13.1 Å². The van der Waals surface area contributed by atoms with Crippen molar-refractivity contribution in [2.45, 2.75) is 31.6 Å². The summed E-state index contributed by atoms with van der Waals surface area (Å²) in [6, 6.07) is 8.61. The number of carbonyl (C=O) groups is 1. The van der Waals surface area contributed by atoms with Crippen LogP contribution >= 0.6 is 11.8 Å². The summed E-state index contributed by atoms with van der Waals surface area (Å²) in [6.07, 6.45) is 3.98. The maximum absolute atomic E-state index is 12.2. The van der Waals surface area contributed by atoms with Crippen molar-refractivity contribution in [3.8, 4) is 0 Å². The molecule has 0 spiro atoms. The van der Waals surface area contributed by atoms with Gasteiger partial charge < -0.3 is 9.80 Å². The Morgan fingerprint density at radius 1 is 1.10 bits per heavy atom. The lowest BCUT2D eigenvalue weighted by atomic mass is 10.1. The minimum Gasteiger partial charge on any atom is -0.325 e. The van der Waals surface area contributed by atoms with Crippen molar-refractivity contribution < 1.29 is 4.79 Å². The predicted molar refractivity (Wildman–Crippen MR) is 88.4 cm³/mol. The zero-order valence-electron chi connectivity index (χ0n) is 12.8. The van der Waals surface area contributed by atoms with Crippen molar-refractivity contribution in [2.75, 3.05) is 31.9 Å². The molecule has 3 rings (SSSR count). The molecular weight excluding hydrogens is 280 g/mol. The molecule has 0 N–H and O–H groups in total. The van der Waals surface area contributed by atoms with E-state index in [1.165, 1.54) is 43.5 Å². The van der Waals surface area contributed by atoms with Crippen molar-refractivity contribution in [3.05, 3.63) is 35.4 Å². The third-order valence-electron chi connectivity index (χ3n) is 4.44. The summed E-state index contributed by atoms with van der Waals surface area (Å²) in [6.45, 7) is 6.39. The lowest BCUT2D eigenvalue weighted by Crippen LogP contribution is -2.39. The van der Waals surface area contributed by atoms with Crippen molar-refractivity contribution in [2.24, 2.45) is 0 Å². The second kappa shape index (κ2) is 6.84. The van der Waals surface area contributed by atoms with Gasteiger partial charge in [0.2, 0.25) is 5.91 Å². The van der Waals surface area contributed by atoms with Crippen LogP contribution in [0.1, 0.15) is 35.8 Å². The van der Waals surface area contributed by atoms with Gasteiger partial charge in [-0.2, -0.15) is 0 Å². The molecule has 0 radical (unpaired) electrons. The average Bonchev–Trinajstić information content (AvgIpc) is 2.88. The first kappa shape index (κ1) is 14.9. The minimum absolute atomic E-state index is 0.211. The van der Waals surface area contributed by atoms with Crippen molar-refractivity contribution in [1.82, 2.24) is 9.80 Å². The van der Waals surface area contributed by atoms with Crippen LogP contribution in [-0.4, -0.2) is 47.6 Å². The molecule has 1 atom stereocenters. The number of hydrogen-bond acceptors (Lipinski definition) is 3. The molecule has 0 saturated carbocycles. The molecule has 1 unspecified atom stereocenters. The topological polar surface area (TPSA) is 23.6 Å². The molecule has 1 amide bonds. The fourth-order valence-corrected chi connectivity index (χ4v) is 4.35. The van der Waals surface area contributed by atoms with Crippen LogP contribution in [0.2, 0.25) is 0 Å². The van der Waals surface area contributed by atoms with Gasteiger partial charge >= 0.3 is 0 Å². The Balaban J connectivity index is 1.63. The largest absolute Gasteiger partial charge is 0.325 e. The summed E-state index contributed by atoms with van der Waals surface area (Å²) in [7, 11) is 0. The summed E-state index contributed by atoms with van der Waals surface area (Å²) < 4.78 is 0. The second-order valence-corrected chi connectivity index (χ2v) is 7.13. The average molecular weight is 304 g/mol. The molecule has 2 saturated heterocycles. The van der Waals surface area contributed by atoms with E-state index in [0.29, 0.717) is 11.7 Å². The van der Waals surface area contributed by atoms with Gasteiger partial charge in [-0.05, 0) is 38.4 Å². The maximum Gasteiger partial charge on any atom is 0.233 e. The second-order valence-electron chi connectivity index (χ2n) is 6.06. The molecule has 2 heterocycles. The fourth-order valence-electron chi connectivity index (χ4n) is 3.14. The normalized spacial score (nSPS) is 23.8. The van der Waals surface area contributed by atoms with E-state index in [4.69, 9.17) is 0 Å². The highest BCUT2D eigenvalue weighted by atomic mass is 32.2. The molecule has 114 valence electrons. The third-order valence-corrected chi connectivity index (χ3v) is 5.69. The van der Waals surface area contributed by atoms with E-state index in [2.05, 4.69) is 41.0 Å². The van der Waals surface area contributed by atoms with Crippen molar-refractivity contribution in [1.29, 1.82) is 0 Å². The number of aryl methyl sites for hydroxylation is 1. The van der Waals surface area contributed by atoms with Crippen LogP contribution in [0.3, 0.4) is 0 Å². The molecule has 1 aromatic rings. The number of amides is 1. The van der Waals surface area contributed by atoms with E-state index in [1.54, 1.807) is 11.8 Å². The molecule has 2 fully saturated rings. The summed E-state index contributed by atoms with van der Waals surface area (Å²) in [5.41, 5.74) is 2.53. The lowest BCUT2D eigenvalue weighted by Gasteiger charge is -2.30. The Kier molecular flexibility index (Phi) is 4.86. The molecule has 2 aliphatic rings. The number of carbonyl (C=O) groups excluding carboxylic acids is 1. The maximum atomic E-state index is 12.2. The summed E-state index contributed by atoms with van der Waals surface area (Å²) in [4.78, 5) is 16.8. The van der Waals surface area contributed by atoms with Gasteiger partial charge in [0.1, 0.15) is 5.37 Å². The SMILES string of the molecule is Cc1ccc(C2SCC(=O)N2CCN2CCCCC2)cc1. The molecule has 0 aromatic heterocycles. The molecule has 4 heteroatoms. The van der Waals surface area contributed by atoms with Gasteiger partial charge in [-0.15, -0.1) is 11.8 Å². The van der Waals surface area contributed by atoms with Crippen LogP contribution in [-0.2, 0) is 4.79 Å². The number of hydrogen-bond donors (Lipinski definition) is 0. The summed E-state index contributed by atoms with van der Waals surface area (Å²) >= 11 is 1.76. The fraction of sp³-hybridized carbons (Fsp3) is 0.588. The lowest BCUT2D eigenvalue weighted by molar-refractivity contribution is -0.128. The third kappa shape index (κ3) is 3.61. The van der Waals surface area contributed by atoms with Gasteiger partial charge in [0.05, 0.1) is 5.75 Å². The van der Waals surface area contributed by atoms with Gasteiger partial charge in [0.25, 0.3) is 0 Å². The van der Waals surface area contributed by atoms with Crippen LogP contribution in [0, 0.1) is 6.92 Å². The Bertz CT molecular complexity index is 482. The van der Waals surface area contributed by atoms with Gasteiger partial charge in [-0.3, -0.25) is 4.79 Å². The van der Waals surface area contributed by atoms with Crippen molar-refractivity contribution >= 4 is 17.7 Å². The van der Waals surface area contributed by atoms with Crippen molar-refractivity contribution in [3.63, 3.8) is 0 Å². The van der Waals surface area contributed by atoms with Gasteiger partial charge in [-0.1, -0.05) is 36.2 Å². The Morgan fingerprint density at radius 2 is 1.81 bits per heavy atom.